The molecule has 0 heterocycles. The van der Waals surface area contributed by atoms with Gasteiger partial charge in [-0.25, -0.2) is 4.79 Å². The molecule has 0 spiro atoms. The van der Waals surface area contributed by atoms with Crippen molar-refractivity contribution in [1.82, 2.24) is 0 Å². The van der Waals surface area contributed by atoms with Gasteiger partial charge in [-0.05, 0) is 11.8 Å². The summed E-state index contributed by atoms with van der Waals surface area (Å²) in [5.41, 5.74) is -0.136. The Balaban J connectivity index is 4.09. The van der Waals surface area contributed by atoms with Gasteiger partial charge < -0.3 is 4.74 Å². The Morgan fingerprint density at radius 1 is 1.50 bits per heavy atom. The van der Waals surface area contributed by atoms with E-state index in [2.05, 4.69) is 4.89 Å². The van der Waals surface area contributed by atoms with Gasteiger partial charge in [-0.2, -0.15) is 5.26 Å². The number of carbonyl (C=O) groups is 1. The van der Waals surface area contributed by atoms with Crippen molar-refractivity contribution in [2.45, 2.75) is 40.2 Å². The second-order valence-electron chi connectivity index (χ2n) is 3.72. The van der Waals surface area contributed by atoms with Gasteiger partial charge in [0.25, 0.3) is 0 Å². The van der Waals surface area contributed by atoms with E-state index in [-0.39, 0.29) is 11.5 Å². The fourth-order valence-electron chi connectivity index (χ4n) is 1.01. The third-order valence-corrected chi connectivity index (χ3v) is 1.65. The van der Waals surface area contributed by atoms with Crippen molar-refractivity contribution in [1.29, 1.82) is 0 Å². The monoisotopic (exact) mass is 176 g/mol. The summed E-state index contributed by atoms with van der Waals surface area (Å²) in [5, 5.41) is 7.97. The minimum absolute atomic E-state index is 0.136. The third-order valence-electron chi connectivity index (χ3n) is 1.65. The summed E-state index contributed by atoms with van der Waals surface area (Å²) < 4.78 is 4.80. The Labute approximate surface area is 72.4 Å². The molecule has 0 amide bonds. The van der Waals surface area contributed by atoms with Gasteiger partial charge in [-0.3, -0.25) is 4.89 Å². The lowest BCUT2D eigenvalue weighted by molar-refractivity contribution is -0.209. The first-order chi connectivity index (χ1) is 5.41. The lowest BCUT2D eigenvalue weighted by Crippen LogP contribution is -2.31. The van der Waals surface area contributed by atoms with Gasteiger partial charge in [-0.15, -0.1) is 0 Å². The molecule has 1 unspecified atom stereocenters. The van der Waals surface area contributed by atoms with E-state index in [1.165, 1.54) is 0 Å². The lowest BCUT2D eigenvalue weighted by atomic mass is 9.87. The van der Waals surface area contributed by atoms with Crippen LogP contribution in [0.1, 0.15) is 34.1 Å². The van der Waals surface area contributed by atoms with Crippen LogP contribution in [0.25, 0.3) is 0 Å². The maximum Gasteiger partial charge on any atom is 0.540 e. The summed E-state index contributed by atoms with van der Waals surface area (Å²) in [6.07, 6.45) is -0.590. The fraction of sp³-hybridized carbons (Fsp3) is 0.875. The number of hydrogen-bond acceptors (Lipinski definition) is 4. The summed E-state index contributed by atoms with van der Waals surface area (Å²) in [4.78, 5) is 13.9. The number of carbonyl (C=O) groups excluding carboxylic acids is 1. The van der Waals surface area contributed by atoms with Crippen molar-refractivity contribution in [3.05, 3.63) is 0 Å². The van der Waals surface area contributed by atoms with Crippen LogP contribution in [0.2, 0.25) is 0 Å². The molecule has 0 bridgehead atoms. The zero-order chi connectivity index (χ0) is 9.78. The molecule has 4 heteroatoms. The highest BCUT2D eigenvalue weighted by Crippen LogP contribution is 2.24. The standard InChI is InChI=1S/C8H16O4/c1-5-6(8(2,3)4)11-7(9)12-10/h6,10H,5H2,1-4H3. The van der Waals surface area contributed by atoms with E-state index in [1.54, 1.807) is 0 Å². The Bertz CT molecular complexity index is 148. The summed E-state index contributed by atoms with van der Waals surface area (Å²) in [6, 6.07) is 0. The van der Waals surface area contributed by atoms with Gasteiger partial charge >= 0.3 is 6.16 Å². The molecule has 12 heavy (non-hydrogen) atoms. The van der Waals surface area contributed by atoms with Crippen molar-refractivity contribution in [2.75, 3.05) is 0 Å². The molecule has 0 aromatic heterocycles. The van der Waals surface area contributed by atoms with Gasteiger partial charge in [0.05, 0.1) is 0 Å². The van der Waals surface area contributed by atoms with E-state index < -0.39 is 6.16 Å². The molecule has 0 saturated carbocycles. The molecule has 4 nitrogen and oxygen atoms in total. The van der Waals surface area contributed by atoms with Crippen molar-refractivity contribution >= 4 is 6.16 Å². The number of hydrogen-bond donors (Lipinski definition) is 1. The zero-order valence-corrected chi connectivity index (χ0v) is 7.96. The van der Waals surface area contributed by atoms with Crippen LogP contribution in [0.3, 0.4) is 0 Å². The van der Waals surface area contributed by atoms with Gasteiger partial charge in [0.1, 0.15) is 6.10 Å². The highest BCUT2D eigenvalue weighted by molar-refractivity contribution is 5.59. The van der Waals surface area contributed by atoms with E-state index in [0.717, 1.165) is 0 Å². The molecular weight excluding hydrogens is 160 g/mol. The van der Waals surface area contributed by atoms with Crippen molar-refractivity contribution in [2.24, 2.45) is 5.41 Å². The Morgan fingerprint density at radius 2 is 2.00 bits per heavy atom. The molecule has 0 aliphatic rings. The molecule has 0 radical (unpaired) electrons. The van der Waals surface area contributed by atoms with Crippen molar-refractivity contribution in [3.8, 4) is 0 Å². The van der Waals surface area contributed by atoms with E-state index in [0.29, 0.717) is 6.42 Å². The molecule has 0 aliphatic heterocycles. The quantitative estimate of drug-likeness (QED) is 0.399. The maximum atomic E-state index is 10.5. The average Bonchev–Trinajstić information content (AvgIpc) is 1.97. The maximum absolute atomic E-state index is 10.5. The highest BCUT2D eigenvalue weighted by atomic mass is 17.1. The van der Waals surface area contributed by atoms with Gasteiger partial charge in [0.2, 0.25) is 0 Å². The SMILES string of the molecule is CCC(OC(=O)OO)C(C)(C)C. The first-order valence-corrected chi connectivity index (χ1v) is 3.93. The van der Waals surface area contributed by atoms with Gasteiger partial charge in [0.15, 0.2) is 0 Å². The molecule has 0 saturated heterocycles. The first kappa shape index (κ1) is 11.2. The summed E-state index contributed by atoms with van der Waals surface area (Å²) in [7, 11) is 0. The smallest absolute Gasteiger partial charge is 0.428 e. The normalized spacial score (nSPS) is 13.8. The van der Waals surface area contributed by atoms with Crippen molar-refractivity contribution < 1.29 is 19.7 Å². The van der Waals surface area contributed by atoms with E-state index in [9.17, 15) is 4.79 Å². The fourth-order valence-corrected chi connectivity index (χ4v) is 1.01. The predicted molar refractivity (Wildman–Crippen MR) is 43.7 cm³/mol. The molecule has 0 fully saturated rings. The first-order valence-electron chi connectivity index (χ1n) is 3.93. The van der Waals surface area contributed by atoms with E-state index in [4.69, 9.17) is 9.99 Å². The summed E-state index contributed by atoms with van der Waals surface area (Å²) in [6.45, 7) is 7.75. The molecular formula is C8H16O4. The molecule has 1 atom stereocenters. The largest absolute Gasteiger partial charge is 0.540 e. The molecule has 0 aromatic carbocycles. The van der Waals surface area contributed by atoms with Gasteiger partial charge in [0, 0.05) is 0 Å². The van der Waals surface area contributed by atoms with Crippen LogP contribution < -0.4 is 0 Å². The number of rotatable bonds is 2. The Hall–Kier alpha value is -0.770. The minimum Gasteiger partial charge on any atom is -0.428 e. The van der Waals surface area contributed by atoms with Crippen LogP contribution in [0.5, 0.6) is 0 Å². The van der Waals surface area contributed by atoms with E-state index in [1.807, 2.05) is 27.7 Å². The second-order valence-corrected chi connectivity index (χ2v) is 3.72. The van der Waals surface area contributed by atoms with Crippen LogP contribution in [0, 0.1) is 5.41 Å². The summed E-state index contributed by atoms with van der Waals surface area (Å²) >= 11 is 0. The summed E-state index contributed by atoms with van der Waals surface area (Å²) in [5.74, 6) is 0. The molecule has 1 N–H and O–H groups in total. The Kier molecular flexibility index (Phi) is 4.03. The predicted octanol–water partition coefficient (Wildman–Crippen LogP) is 2.44. The molecule has 72 valence electrons. The Morgan fingerprint density at radius 3 is 2.25 bits per heavy atom. The highest BCUT2D eigenvalue weighted by Gasteiger charge is 2.27. The molecule has 0 rings (SSSR count). The van der Waals surface area contributed by atoms with Crippen LogP contribution >= 0.6 is 0 Å². The van der Waals surface area contributed by atoms with Crippen molar-refractivity contribution in [3.63, 3.8) is 0 Å². The zero-order valence-electron chi connectivity index (χ0n) is 7.96. The third kappa shape index (κ3) is 3.57. The second kappa shape index (κ2) is 4.30. The lowest BCUT2D eigenvalue weighted by Gasteiger charge is -2.28. The van der Waals surface area contributed by atoms with Crippen LogP contribution in [0.4, 0.5) is 4.79 Å². The topological polar surface area (TPSA) is 55.8 Å². The van der Waals surface area contributed by atoms with Gasteiger partial charge in [-0.1, -0.05) is 27.7 Å². The number of ether oxygens (including phenoxy) is 1. The average molecular weight is 176 g/mol. The minimum atomic E-state index is -1.04. The van der Waals surface area contributed by atoms with E-state index >= 15 is 0 Å². The molecule has 0 aromatic rings. The van der Waals surface area contributed by atoms with Crippen LogP contribution in [0.15, 0.2) is 0 Å². The van der Waals surface area contributed by atoms with Crippen LogP contribution in [-0.4, -0.2) is 17.5 Å². The molecule has 0 aliphatic carbocycles. The van der Waals surface area contributed by atoms with Crippen LogP contribution in [-0.2, 0) is 9.62 Å².